The van der Waals surface area contributed by atoms with Gasteiger partial charge in [-0.15, -0.1) is 0 Å². The molecule has 5 heteroatoms. The highest BCUT2D eigenvalue weighted by Crippen LogP contribution is 2.21. The van der Waals surface area contributed by atoms with E-state index in [1.54, 1.807) is 0 Å². The number of likely N-dealkylation sites (tertiary alicyclic amines) is 1. The predicted molar refractivity (Wildman–Crippen MR) is 114 cm³/mol. The van der Waals surface area contributed by atoms with Crippen LogP contribution in [0.25, 0.3) is 0 Å². The summed E-state index contributed by atoms with van der Waals surface area (Å²) >= 11 is 0. The minimum Gasteiger partial charge on any atom is -0.352 e. The molecule has 1 atom stereocenters. The van der Waals surface area contributed by atoms with E-state index in [-0.39, 0.29) is 5.91 Å². The van der Waals surface area contributed by atoms with E-state index in [4.69, 9.17) is 0 Å². The molecule has 0 saturated carbocycles. The molecule has 1 saturated heterocycles. The highest BCUT2D eigenvalue weighted by molar-refractivity contribution is 5.94. The predicted octanol–water partition coefficient (Wildman–Crippen LogP) is 3.08. The second-order valence-electron chi connectivity index (χ2n) is 7.25. The highest BCUT2D eigenvalue weighted by Gasteiger charge is 2.24. The Kier molecular flexibility index (Phi) is 7.06. The van der Waals surface area contributed by atoms with Crippen LogP contribution in [0, 0.1) is 5.92 Å². The first-order valence-corrected chi connectivity index (χ1v) is 10.1. The largest absolute Gasteiger partial charge is 0.352 e. The van der Waals surface area contributed by atoms with Crippen LogP contribution in [0.1, 0.15) is 34.8 Å². The van der Waals surface area contributed by atoms with Crippen LogP contribution in [-0.2, 0) is 13.0 Å². The lowest BCUT2D eigenvalue weighted by Crippen LogP contribution is -2.39. The molecule has 0 bridgehead atoms. The number of nitrogens with zero attached hydrogens (tertiary/aromatic N) is 2. The fraction of sp³-hybridized carbons (Fsp3) is 0.391. The number of amides is 1. The van der Waals surface area contributed by atoms with Gasteiger partial charge in [0.25, 0.3) is 5.91 Å². The van der Waals surface area contributed by atoms with Crippen LogP contribution in [0.2, 0.25) is 0 Å². The monoisotopic (exact) mass is 378 g/mol. The number of hydrogen-bond acceptors (Lipinski definition) is 2. The van der Waals surface area contributed by atoms with Gasteiger partial charge in [0.1, 0.15) is 0 Å². The van der Waals surface area contributed by atoms with E-state index in [0.29, 0.717) is 24.6 Å². The number of aliphatic imine (C=N–C) groups is 1. The third-order valence-electron chi connectivity index (χ3n) is 5.14. The molecule has 0 radical (unpaired) electrons. The lowest BCUT2D eigenvalue weighted by Gasteiger charge is -2.22. The third kappa shape index (κ3) is 5.35. The van der Waals surface area contributed by atoms with Crippen molar-refractivity contribution >= 4 is 11.9 Å². The summed E-state index contributed by atoms with van der Waals surface area (Å²) in [6, 6.07) is 18.4. The normalized spacial score (nSPS) is 16.9. The highest BCUT2D eigenvalue weighted by atomic mass is 16.1. The lowest BCUT2D eigenvalue weighted by molar-refractivity contribution is 0.0955. The zero-order valence-electron chi connectivity index (χ0n) is 16.8. The number of rotatable bonds is 6. The number of benzene rings is 2. The smallest absolute Gasteiger partial charge is 0.251 e. The van der Waals surface area contributed by atoms with Crippen LogP contribution in [-0.4, -0.2) is 43.4 Å². The van der Waals surface area contributed by atoms with Gasteiger partial charge in [0, 0.05) is 38.8 Å². The van der Waals surface area contributed by atoms with E-state index in [0.717, 1.165) is 31.0 Å². The van der Waals surface area contributed by atoms with Crippen LogP contribution in [0.4, 0.5) is 0 Å². The fourth-order valence-corrected chi connectivity index (χ4v) is 3.74. The van der Waals surface area contributed by atoms with Gasteiger partial charge in [0.05, 0.1) is 0 Å². The van der Waals surface area contributed by atoms with Crippen LogP contribution >= 0.6 is 0 Å². The number of carbonyl (C=O) groups excluding carboxylic acids is 1. The SMILES string of the molecule is CCNC(=O)c1cccc(CNC(=NC)N2CCC(Cc3ccccc3)C2)c1. The molecule has 0 aromatic heterocycles. The van der Waals surface area contributed by atoms with Crippen LogP contribution < -0.4 is 10.6 Å². The molecule has 3 rings (SSSR count). The van der Waals surface area contributed by atoms with Gasteiger partial charge in [0.2, 0.25) is 0 Å². The second kappa shape index (κ2) is 9.93. The van der Waals surface area contributed by atoms with Crippen molar-refractivity contribution in [2.75, 3.05) is 26.7 Å². The van der Waals surface area contributed by atoms with Crippen molar-refractivity contribution in [3.05, 3.63) is 71.3 Å². The van der Waals surface area contributed by atoms with Crippen molar-refractivity contribution in [1.82, 2.24) is 15.5 Å². The van der Waals surface area contributed by atoms with Gasteiger partial charge in [-0.1, -0.05) is 42.5 Å². The van der Waals surface area contributed by atoms with Crippen LogP contribution in [0.5, 0.6) is 0 Å². The molecule has 1 heterocycles. The van der Waals surface area contributed by atoms with Crippen LogP contribution in [0.15, 0.2) is 59.6 Å². The van der Waals surface area contributed by atoms with E-state index in [9.17, 15) is 4.79 Å². The van der Waals surface area contributed by atoms with E-state index in [1.807, 2.05) is 38.2 Å². The first-order chi connectivity index (χ1) is 13.7. The topological polar surface area (TPSA) is 56.7 Å². The van der Waals surface area contributed by atoms with Crippen molar-refractivity contribution in [2.24, 2.45) is 10.9 Å². The zero-order valence-corrected chi connectivity index (χ0v) is 16.8. The molecule has 0 aliphatic carbocycles. The molecule has 1 fully saturated rings. The molecule has 2 N–H and O–H groups in total. The molecule has 5 nitrogen and oxygen atoms in total. The average Bonchev–Trinajstić information content (AvgIpc) is 3.18. The van der Waals surface area contributed by atoms with Gasteiger partial charge in [-0.2, -0.15) is 0 Å². The molecule has 0 spiro atoms. The molecule has 2 aromatic rings. The summed E-state index contributed by atoms with van der Waals surface area (Å²) < 4.78 is 0. The Balaban J connectivity index is 1.54. The van der Waals surface area contributed by atoms with Gasteiger partial charge < -0.3 is 15.5 Å². The Hall–Kier alpha value is -2.82. The number of hydrogen-bond donors (Lipinski definition) is 2. The van der Waals surface area contributed by atoms with Gasteiger partial charge in [0.15, 0.2) is 5.96 Å². The number of nitrogens with one attached hydrogen (secondary N) is 2. The third-order valence-corrected chi connectivity index (χ3v) is 5.14. The minimum absolute atomic E-state index is 0.0305. The first-order valence-electron chi connectivity index (χ1n) is 10.1. The molecule has 148 valence electrons. The van der Waals surface area contributed by atoms with Gasteiger partial charge >= 0.3 is 0 Å². The Morgan fingerprint density at radius 1 is 1.11 bits per heavy atom. The summed E-state index contributed by atoms with van der Waals surface area (Å²) in [5, 5.41) is 6.30. The van der Waals surface area contributed by atoms with Gasteiger partial charge in [-0.3, -0.25) is 9.79 Å². The first kappa shape index (κ1) is 19.9. The van der Waals surface area contributed by atoms with E-state index in [2.05, 4.69) is 50.9 Å². The maximum atomic E-state index is 12.0. The van der Waals surface area contributed by atoms with Crippen molar-refractivity contribution < 1.29 is 4.79 Å². The molecular weight excluding hydrogens is 348 g/mol. The molecule has 1 amide bonds. The maximum Gasteiger partial charge on any atom is 0.251 e. The standard InChI is InChI=1S/C23H30N4O/c1-3-25-22(28)21-11-7-10-19(15-21)16-26-23(24-2)27-13-12-20(17-27)14-18-8-5-4-6-9-18/h4-11,15,20H,3,12-14,16-17H2,1-2H3,(H,24,26)(H,25,28). The van der Waals surface area contributed by atoms with Gasteiger partial charge in [-0.25, -0.2) is 0 Å². The molecular formula is C23H30N4O. The fourth-order valence-electron chi connectivity index (χ4n) is 3.74. The summed E-state index contributed by atoms with van der Waals surface area (Å²) in [5.74, 6) is 1.55. The van der Waals surface area contributed by atoms with Gasteiger partial charge in [-0.05, 0) is 48.9 Å². The molecule has 28 heavy (non-hydrogen) atoms. The summed E-state index contributed by atoms with van der Waals surface area (Å²) in [6.45, 7) is 5.25. The Morgan fingerprint density at radius 2 is 1.89 bits per heavy atom. The Labute approximate surface area is 167 Å². The Morgan fingerprint density at radius 3 is 2.64 bits per heavy atom. The molecule has 1 aliphatic heterocycles. The maximum absolute atomic E-state index is 12.0. The lowest BCUT2D eigenvalue weighted by atomic mass is 9.99. The Bertz CT molecular complexity index is 803. The number of guanidine groups is 1. The quantitative estimate of drug-likeness (QED) is 0.600. The van der Waals surface area contributed by atoms with E-state index < -0.39 is 0 Å². The van der Waals surface area contributed by atoms with Crippen molar-refractivity contribution in [1.29, 1.82) is 0 Å². The van der Waals surface area contributed by atoms with Crippen LogP contribution in [0.3, 0.4) is 0 Å². The summed E-state index contributed by atoms with van der Waals surface area (Å²) in [7, 11) is 1.83. The molecule has 1 aliphatic rings. The second-order valence-corrected chi connectivity index (χ2v) is 7.25. The van der Waals surface area contributed by atoms with Crippen molar-refractivity contribution in [3.63, 3.8) is 0 Å². The zero-order chi connectivity index (χ0) is 19.8. The minimum atomic E-state index is -0.0305. The summed E-state index contributed by atoms with van der Waals surface area (Å²) in [5.41, 5.74) is 3.17. The average molecular weight is 379 g/mol. The van der Waals surface area contributed by atoms with Crippen molar-refractivity contribution in [2.45, 2.75) is 26.3 Å². The summed E-state index contributed by atoms with van der Waals surface area (Å²) in [4.78, 5) is 18.8. The number of carbonyl (C=O) groups is 1. The summed E-state index contributed by atoms with van der Waals surface area (Å²) in [6.07, 6.45) is 2.30. The molecule has 1 unspecified atom stereocenters. The van der Waals surface area contributed by atoms with E-state index >= 15 is 0 Å². The molecule has 2 aromatic carbocycles. The van der Waals surface area contributed by atoms with Crippen molar-refractivity contribution in [3.8, 4) is 0 Å². The van der Waals surface area contributed by atoms with E-state index in [1.165, 1.54) is 12.0 Å².